The summed E-state index contributed by atoms with van der Waals surface area (Å²) in [6.07, 6.45) is 3.77. The number of carbonyl (C=O) groups excluding carboxylic acids is 1. The maximum atomic E-state index is 11.4. The molecule has 0 aliphatic carbocycles. The zero-order chi connectivity index (χ0) is 11.4. The summed E-state index contributed by atoms with van der Waals surface area (Å²) in [6.45, 7) is 1.18. The number of hydrogen-bond donors (Lipinski definition) is 0. The molecule has 84 valence electrons. The molecule has 0 spiro atoms. The van der Waals surface area contributed by atoms with Crippen molar-refractivity contribution in [3.63, 3.8) is 0 Å². The molecule has 0 fully saturated rings. The second kappa shape index (κ2) is 4.93. The van der Waals surface area contributed by atoms with Gasteiger partial charge in [0, 0.05) is 39.4 Å². The number of amides is 1. The van der Waals surface area contributed by atoms with E-state index >= 15 is 0 Å². The lowest BCUT2D eigenvalue weighted by atomic mass is 10.3. The van der Waals surface area contributed by atoms with Crippen molar-refractivity contribution in [2.45, 2.75) is 6.54 Å². The van der Waals surface area contributed by atoms with E-state index in [0.717, 1.165) is 12.1 Å². The molecule has 0 aromatic carbocycles. The summed E-state index contributed by atoms with van der Waals surface area (Å²) in [5.74, 6) is 0.112. The van der Waals surface area contributed by atoms with Gasteiger partial charge in [-0.3, -0.25) is 14.4 Å². The van der Waals surface area contributed by atoms with E-state index in [4.69, 9.17) is 0 Å². The van der Waals surface area contributed by atoms with Crippen molar-refractivity contribution in [1.82, 2.24) is 19.6 Å². The average molecular weight is 210 g/mol. The minimum atomic E-state index is 0.112. The highest BCUT2D eigenvalue weighted by atomic mass is 16.2. The predicted octanol–water partition coefficient (Wildman–Crippen LogP) is -0.0599. The molecule has 15 heavy (non-hydrogen) atoms. The Morgan fingerprint density at radius 3 is 2.60 bits per heavy atom. The van der Waals surface area contributed by atoms with Crippen LogP contribution >= 0.6 is 0 Å². The van der Waals surface area contributed by atoms with Crippen LogP contribution in [0.1, 0.15) is 5.56 Å². The topological polar surface area (TPSA) is 41.4 Å². The molecule has 0 aliphatic rings. The van der Waals surface area contributed by atoms with Crippen LogP contribution in [0, 0.1) is 0 Å². The van der Waals surface area contributed by atoms with E-state index in [2.05, 4.69) is 5.10 Å². The zero-order valence-electron chi connectivity index (χ0n) is 9.77. The van der Waals surface area contributed by atoms with Gasteiger partial charge >= 0.3 is 0 Å². The first kappa shape index (κ1) is 11.7. The Labute approximate surface area is 90.3 Å². The Balaban J connectivity index is 2.42. The van der Waals surface area contributed by atoms with Crippen molar-refractivity contribution in [2.24, 2.45) is 7.05 Å². The fourth-order valence-electron chi connectivity index (χ4n) is 1.29. The highest BCUT2D eigenvalue weighted by Gasteiger charge is 2.09. The molecule has 5 heteroatoms. The first-order valence-corrected chi connectivity index (χ1v) is 4.85. The molecule has 0 saturated heterocycles. The third kappa shape index (κ3) is 3.71. The van der Waals surface area contributed by atoms with Gasteiger partial charge < -0.3 is 4.90 Å². The van der Waals surface area contributed by atoms with Gasteiger partial charge in [0.25, 0.3) is 0 Å². The van der Waals surface area contributed by atoms with Crippen LogP contribution in [-0.4, -0.2) is 53.2 Å². The molecular weight excluding hydrogens is 192 g/mol. The SMILES string of the molecule is CN(CC(=O)N(C)C)Cc1cnn(C)c1. The van der Waals surface area contributed by atoms with Crippen LogP contribution in [-0.2, 0) is 18.4 Å². The van der Waals surface area contributed by atoms with Crippen LogP contribution in [0.15, 0.2) is 12.4 Å². The summed E-state index contributed by atoms with van der Waals surface area (Å²) in [6, 6.07) is 0. The average Bonchev–Trinajstić information content (AvgIpc) is 2.50. The van der Waals surface area contributed by atoms with E-state index < -0.39 is 0 Å². The van der Waals surface area contributed by atoms with E-state index in [0.29, 0.717) is 6.54 Å². The molecule has 0 unspecified atom stereocenters. The van der Waals surface area contributed by atoms with Crippen molar-refractivity contribution in [3.05, 3.63) is 18.0 Å². The van der Waals surface area contributed by atoms with Crippen molar-refractivity contribution in [2.75, 3.05) is 27.7 Å². The van der Waals surface area contributed by atoms with Crippen LogP contribution in [0.2, 0.25) is 0 Å². The van der Waals surface area contributed by atoms with Gasteiger partial charge in [0.2, 0.25) is 5.91 Å². The normalized spacial score (nSPS) is 10.7. The van der Waals surface area contributed by atoms with Crippen molar-refractivity contribution in [3.8, 4) is 0 Å². The molecular formula is C10H18N4O. The van der Waals surface area contributed by atoms with E-state index in [1.54, 1.807) is 23.7 Å². The number of nitrogens with zero attached hydrogens (tertiary/aromatic N) is 4. The summed E-state index contributed by atoms with van der Waals surface area (Å²) in [5, 5.41) is 4.08. The van der Waals surface area contributed by atoms with Crippen LogP contribution in [0.25, 0.3) is 0 Å². The second-order valence-corrected chi connectivity index (χ2v) is 3.98. The van der Waals surface area contributed by atoms with Crippen molar-refractivity contribution in [1.29, 1.82) is 0 Å². The Bertz CT molecular complexity index is 332. The standard InChI is InChI=1S/C10H18N4O/c1-12(2)10(15)8-13(3)6-9-5-11-14(4)7-9/h5,7H,6,8H2,1-4H3. The lowest BCUT2D eigenvalue weighted by Crippen LogP contribution is -2.33. The number of aryl methyl sites for hydroxylation is 1. The monoisotopic (exact) mass is 210 g/mol. The van der Waals surface area contributed by atoms with Gasteiger partial charge in [-0.25, -0.2) is 0 Å². The quantitative estimate of drug-likeness (QED) is 0.699. The van der Waals surface area contributed by atoms with Gasteiger partial charge in [-0.15, -0.1) is 0 Å². The Kier molecular flexibility index (Phi) is 3.85. The lowest BCUT2D eigenvalue weighted by Gasteiger charge is -2.17. The van der Waals surface area contributed by atoms with E-state index in [1.165, 1.54) is 0 Å². The van der Waals surface area contributed by atoms with E-state index in [9.17, 15) is 4.79 Å². The summed E-state index contributed by atoms with van der Waals surface area (Å²) < 4.78 is 1.76. The Hall–Kier alpha value is -1.36. The lowest BCUT2D eigenvalue weighted by molar-refractivity contribution is -0.129. The molecule has 0 radical (unpaired) electrons. The van der Waals surface area contributed by atoms with Crippen LogP contribution in [0.5, 0.6) is 0 Å². The number of aromatic nitrogens is 2. The minimum absolute atomic E-state index is 0.112. The Morgan fingerprint density at radius 1 is 1.47 bits per heavy atom. The maximum absolute atomic E-state index is 11.4. The zero-order valence-corrected chi connectivity index (χ0v) is 9.77. The smallest absolute Gasteiger partial charge is 0.236 e. The van der Waals surface area contributed by atoms with Crippen molar-refractivity contribution < 1.29 is 4.79 Å². The molecule has 0 aliphatic heterocycles. The molecule has 5 nitrogen and oxygen atoms in total. The van der Waals surface area contributed by atoms with E-state index in [1.807, 2.05) is 31.4 Å². The predicted molar refractivity (Wildman–Crippen MR) is 58.2 cm³/mol. The summed E-state index contributed by atoms with van der Waals surface area (Å²) in [7, 11) is 7.34. The molecule has 1 heterocycles. The minimum Gasteiger partial charge on any atom is -0.348 e. The number of likely N-dealkylation sites (N-methyl/N-ethyl adjacent to an activating group) is 2. The molecule has 1 aromatic rings. The van der Waals surface area contributed by atoms with Crippen LogP contribution in [0.3, 0.4) is 0 Å². The summed E-state index contributed by atoms with van der Waals surface area (Å²) in [4.78, 5) is 15.0. The van der Waals surface area contributed by atoms with Crippen LogP contribution < -0.4 is 0 Å². The molecule has 0 saturated carbocycles. The summed E-state index contributed by atoms with van der Waals surface area (Å²) in [5.41, 5.74) is 1.12. The summed E-state index contributed by atoms with van der Waals surface area (Å²) >= 11 is 0. The van der Waals surface area contributed by atoms with Gasteiger partial charge in [-0.1, -0.05) is 0 Å². The molecule has 0 bridgehead atoms. The molecule has 0 atom stereocenters. The number of rotatable bonds is 4. The molecule has 0 N–H and O–H groups in total. The highest BCUT2D eigenvalue weighted by molar-refractivity contribution is 5.77. The second-order valence-electron chi connectivity index (χ2n) is 3.98. The van der Waals surface area contributed by atoms with Crippen LogP contribution in [0.4, 0.5) is 0 Å². The largest absolute Gasteiger partial charge is 0.348 e. The number of hydrogen-bond acceptors (Lipinski definition) is 3. The third-order valence-electron chi connectivity index (χ3n) is 2.11. The molecule has 1 amide bonds. The van der Waals surface area contributed by atoms with E-state index in [-0.39, 0.29) is 5.91 Å². The maximum Gasteiger partial charge on any atom is 0.236 e. The van der Waals surface area contributed by atoms with Gasteiger partial charge in [0.1, 0.15) is 0 Å². The van der Waals surface area contributed by atoms with Gasteiger partial charge in [-0.2, -0.15) is 5.10 Å². The fraction of sp³-hybridized carbons (Fsp3) is 0.600. The Morgan fingerprint density at radius 2 is 2.13 bits per heavy atom. The molecule has 1 rings (SSSR count). The van der Waals surface area contributed by atoms with Gasteiger partial charge in [0.05, 0.1) is 12.7 Å². The van der Waals surface area contributed by atoms with Crippen molar-refractivity contribution >= 4 is 5.91 Å². The fourth-order valence-corrected chi connectivity index (χ4v) is 1.29. The highest BCUT2D eigenvalue weighted by Crippen LogP contribution is 2.00. The van der Waals surface area contributed by atoms with Gasteiger partial charge in [0.15, 0.2) is 0 Å². The third-order valence-corrected chi connectivity index (χ3v) is 2.11. The van der Waals surface area contributed by atoms with Gasteiger partial charge in [-0.05, 0) is 7.05 Å². The first-order chi connectivity index (χ1) is 6.99. The first-order valence-electron chi connectivity index (χ1n) is 4.85. The number of carbonyl (C=O) groups is 1. The molecule has 1 aromatic heterocycles.